The number of nitrogens with one attached hydrogen (secondary N) is 2. The van der Waals surface area contributed by atoms with Crippen molar-refractivity contribution in [2.24, 2.45) is 5.92 Å². The van der Waals surface area contributed by atoms with Crippen molar-refractivity contribution >= 4 is 34.0 Å². The summed E-state index contributed by atoms with van der Waals surface area (Å²) >= 11 is 1.37. The second kappa shape index (κ2) is 7.70. The van der Waals surface area contributed by atoms with Crippen molar-refractivity contribution in [3.05, 3.63) is 41.4 Å². The van der Waals surface area contributed by atoms with Crippen LogP contribution in [0.4, 0.5) is 10.8 Å². The number of thiazole rings is 1. The molecule has 6 heteroatoms. The summed E-state index contributed by atoms with van der Waals surface area (Å²) in [4.78, 5) is 27.9. The highest BCUT2D eigenvalue weighted by Crippen LogP contribution is 2.15. The van der Waals surface area contributed by atoms with Gasteiger partial charge in [0.25, 0.3) is 5.91 Å². The van der Waals surface area contributed by atoms with E-state index in [-0.39, 0.29) is 17.7 Å². The Labute approximate surface area is 133 Å². The molecule has 116 valence electrons. The molecule has 1 aromatic heterocycles. The van der Waals surface area contributed by atoms with Crippen LogP contribution in [-0.2, 0) is 4.79 Å². The van der Waals surface area contributed by atoms with Crippen LogP contribution < -0.4 is 10.6 Å². The van der Waals surface area contributed by atoms with Crippen LogP contribution in [0.25, 0.3) is 0 Å². The molecule has 5 nitrogen and oxygen atoms in total. The van der Waals surface area contributed by atoms with E-state index in [1.165, 1.54) is 11.3 Å². The lowest BCUT2D eigenvalue weighted by Gasteiger charge is -2.11. The number of anilines is 2. The van der Waals surface area contributed by atoms with E-state index < -0.39 is 0 Å². The predicted octanol–water partition coefficient (Wildman–Crippen LogP) is 3.77. The Kier molecular flexibility index (Phi) is 5.66. The molecule has 0 saturated heterocycles. The maximum Gasteiger partial charge on any atom is 0.257 e. The Hall–Kier alpha value is -2.21. The van der Waals surface area contributed by atoms with Gasteiger partial charge in [-0.25, -0.2) is 4.98 Å². The van der Waals surface area contributed by atoms with E-state index in [4.69, 9.17) is 0 Å². The van der Waals surface area contributed by atoms with Crippen LogP contribution in [0.15, 0.2) is 35.8 Å². The first-order valence-corrected chi connectivity index (χ1v) is 8.10. The van der Waals surface area contributed by atoms with Gasteiger partial charge in [-0.05, 0) is 30.7 Å². The standard InChI is InChI=1S/C16H19N3O2S/c1-3-4-11(2)14(20)18-13-7-5-12(6-8-13)15(21)19-16-17-9-10-22-16/h5-11H,3-4H2,1-2H3,(H,18,20)(H,17,19,21). The van der Waals surface area contributed by atoms with Gasteiger partial charge >= 0.3 is 0 Å². The molecule has 0 radical (unpaired) electrons. The van der Waals surface area contributed by atoms with E-state index in [9.17, 15) is 9.59 Å². The van der Waals surface area contributed by atoms with Crippen LogP contribution in [0.1, 0.15) is 37.0 Å². The van der Waals surface area contributed by atoms with E-state index >= 15 is 0 Å². The molecule has 1 aromatic carbocycles. The van der Waals surface area contributed by atoms with Crippen LogP contribution in [-0.4, -0.2) is 16.8 Å². The Morgan fingerprint density at radius 1 is 1.23 bits per heavy atom. The first-order valence-electron chi connectivity index (χ1n) is 7.22. The van der Waals surface area contributed by atoms with Gasteiger partial charge in [-0.1, -0.05) is 20.3 Å². The van der Waals surface area contributed by atoms with Crippen molar-refractivity contribution in [2.75, 3.05) is 10.6 Å². The van der Waals surface area contributed by atoms with Gasteiger partial charge in [-0.2, -0.15) is 0 Å². The van der Waals surface area contributed by atoms with Crippen molar-refractivity contribution in [3.63, 3.8) is 0 Å². The van der Waals surface area contributed by atoms with E-state index in [1.807, 2.05) is 6.92 Å². The molecule has 0 bridgehead atoms. The van der Waals surface area contributed by atoms with Gasteiger partial charge in [-0.3, -0.25) is 14.9 Å². The molecule has 2 rings (SSSR count). The minimum atomic E-state index is -0.216. The Bertz CT molecular complexity index is 623. The van der Waals surface area contributed by atoms with Crippen LogP contribution >= 0.6 is 11.3 Å². The number of amides is 2. The average molecular weight is 317 g/mol. The summed E-state index contributed by atoms with van der Waals surface area (Å²) in [5, 5.41) is 7.93. The molecule has 0 fully saturated rings. The molecule has 1 atom stereocenters. The SMILES string of the molecule is CCCC(C)C(=O)Nc1ccc(C(=O)Nc2nccs2)cc1. The Morgan fingerprint density at radius 2 is 1.95 bits per heavy atom. The minimum absolute atomic E-state index is 0.00170. The zero-order valence-electron chi connectivity index (χ0n) is 12.6. The number of hydrogen-bond acceptors (Lipinski definition) is 4. The highest BCUT2D eigenvalue weighted by molar-refractivity contribution is 7.13. The zero-order chi connectivity index (χ0) is 15.9. The number of benzene rings is 1. The van der Waals surface area contributed by atoms with Gasteiger partial charge < -0.3 is 5.32 Å². The maximum atomic E-state index is 12.0. The number of aromatic nitrogens is 1. The molecule has 2 aromatic rings. The van der Waals surface area contributed by atoms with Gasteiger partial charge in [-0.15, -0.1) is 11.3 Å². The lowest BCUT2D eigenvalue weighted by Crippen LogP contribution is -2.20. The van der Waals surface area contributed by atoms with E-state index in [0.717, 1.165) is 12.8 Å². The third-order valence-corrected chi connectivity index (χ3v) is 3.93. The predicted molar refractivity (Wildman–Crippen MR) is 89.2 cm³/mol. The van der Waals surface area contributed by atoms with Crippen LogP contribution in [0.2, 0.25) is 0 Å². The molecule has 0 aliphatic rings. The fourth-order valence-corrected chi connectivity index (χ4v) is 2.51. The normalized spacial score (nSPS) is 11.7. The second-order valence-electron chi connectivity index (χ2n) is 5.05. The highest BCUT2D eigenvalue weighted by Gasteiger charge is 2.12. The van der Waals surface area contributed by atoms with Crippen LogP contribution in [0, 0.1) is 5.92 Å². The van der Waals surface area contributed by atoms with Crippen molar-refractivity contribution in [1.29, 1.82) is 0 Å². The van der Waals surface area contributed by atoms with Crippen molar-refractivity contribution < 1.29 is 9.59 Å². The molecule has 2 amide bonds. The van der Waals surface area contributed by atoms with Crippen LogP contribution in [0.3, 0.4) is 0 Å². The highest BCUT2D eigenvalue weighted by atomic mass is 32.1. The average Bonchev–Trinajstić information content (AvgIpc) is 3.01. The smallest absolute Gasteiger partial charge is 0.257 e. The number of carbonyl (C=O) groups is 2. The summed E-state index contributed by atoms with van der Waals surface area (Å²) in [6.45, 7) is 3.97. The summed E-state index contributed by atoms with van der Waals surface area (Å²) in [7, 11) is 0. The molecule has 0 aliphatic carbocycles. The minimum Gasteiger partial charge on any atom is -0.326 e. The molecule has 0 saturated carbocycles. The molecule has 0 aliphatic heterocycles. The zero-order valence-corrected chi connectivity index (χ0v) is 13.4. The molecular weight excluding hydrogens is 298 g/mol. The molecular formula is C16H19N3O2S. The molecule has 22 heavy (non-hydrogen) atoms. The third kappa shape index (κ3) is 4.39. The molecule has 2 N–H and O–H groups in total. The van der Waals surface area contributed by atoms with Gasteiger partial charge in [0.1, 0.15) is 0 Å². The number of rotatable bonds is 6. The first kappa shape index (κ1) is 16.2. The van der Waals surface area contributed by atoms with Gasteiger partial charge in [0.05, 0.1) is 0 Å². The fraction of sp³-hybridized carbons (Fsp3) is 0.312. The van der Waals surface area contributed by atoms with Crippen molar-refractivity contribution in [2.45, 2.75) is 26.7 Å². The summed E-state index contributed by atoms with van der Waals surface area (Å²) in [6, 6.07) is 6.83. The summed E-state index contributed by atoms with van der Waals surface area (Å²) < 4.78 is 0. The summed E-state index contributed by atoms with van der Waals surface area (Å²) in [5.41, 5.74) is 1.22. The van der Waals surface area contributed by atoms with E-state index in [0.29, 0.717) is 16.4 Å². The molecule has 1 heterocycles. The van der Waals surface area contributed by atoms with E-state index in [1.54, 1.807) is 35.8 Å². The largest absolute Gasteiger partial charge is 0.326 e. The fourth-order valence-electron chi connectivity index (χ4n) is 1.99. The number of nitrogens with zero attached hydrogens (tertiary/aromatic N) is 1. The lowest BCUT2D eigenvalue weighted by molar-refractivity contribution is -0.119. The molecule has 0 spiro atoms. The van der Waals surface area contributed by atoms with E-state index in [2.05, 4.69) is 22.5 Å². The monoisotopic (exact) mass is 317 g/mol. The van der Waals surface area contributed by atoms with Gasteiger partial charge in [0, 0.05) is 28.7 Å². The summed E-state index contributed by atoms with van der Waals surface area (Å²) in [5.74, 6) is -0.230. The summed E-state index contributed by atoms with van der Waals surface area (Å²) in [6.07, 6.45) is 3.47. The van der Waals surface area contributed by atoms with Crippen LogP contribution in [0.5, 0.6) is 0 Å². The van der Waals surface area contributed by atoms with Crippen molar-refractivity contribution in [3.8, 4) is 0 Å². The Morgan fingerprint density at radius 3 is 2.55 bits per heavy atom. The first-order chi connectivity index (χ1) is 10.6. The number of carbonyl (C=O) groups excluding carboxylic acids is 2. The third-order valence-electron chi connectivity index (χ3n) is 3.24. The Balaban J connectivity index is 1.95. The van der Waals surface area contributed by atoms with Crippen molar-refractivity contribution in [1.82, 2.24) is 4.98 Å². The quantitative estimate of drug-likeness (QED) is 0.852. The van der Waals surface area contributed by atoms with Gasteiger partial charge in [0.15, 0.2) is 5.13 Å². The second-order valence-corrected chi connectivity index (χ2v) is 5.94. The molecule has 1 unspecified atom stereocenters. The van der Waals surface area contributed by atoms with Gasteiger partial charge in [0.2, 0.25) is 5.91 Å². The number of hydrogen-bond donors (Lipinski definition) is 2. The topological polar surface area (TPSA) is 71.1 Å². The lowest BCUT2D eigenvalue weighted by atomic mass is 10.1. The maximum absolute atomic E-state index is 12.0.